The quantitative estimate of drug-likeness (QED) is 0.304. The predicted octanol–water partition coefficient (Wildman–Crippen LogP) is 8.46. The summed E-state index contributed by atoms with van der Waals surface area (Å²) in [6.07, 6.45) is 11.2. The zero-order chi connectivity index (χ0) is 21.7. The fraction of sp³-hybridized carbons (Fsp3) is 0.769. The van der Waals surface area contributed by atoms with E-state index < -0.39 is 7.80 Å². The zero-order valence-electron chi connectivity index (χ0n) is 20.5. The third-order valence-corrected chi connectivity index (χ3v) is 13.1. The summed E-state index contributed by atoms with van der Waals surface area (Å²) in [5, 5.41) is 1.76. The van der Waals surface area contributed by atoms with Crippen LogP contribution >= 0.6 is 15.7 Å². The van der Waals surface area contributed by atoms with E-state index in [-0.39, 0.29) is 25.0 Å². The van der Waals surface area contributed by atoms with E-state index in [1.54, 1.807) is 0 Å². The van der Waals surface area contributed by atoms with Crippen LogP contribution in [0, 0.1) is 5.92 Å². The Bertz CT molecular complexity index is 607. The van der Waals surface area contributed by atoms with E-state index in [9.17, 15) is 4.57 Å². The van der Waals surface area contributed by atoms with Crippen molar-refractivity contribution >= 4 is 21.0 Å². The molecule has 0 spiro atoms. The van der Waals surface area contributed by atoms with Gasteiger partial charge in [-0.2, -0.15) is 0 Å². The summed E-state index contributed by atoms with van der Waals surface area (Å²) >= 11 is 0. The first kappa shape index (κ1) is 28.4. The Hall–Kier alpha value is 0.399. The van der Waals surface area contributed by atoms with Crippen LogP contribution in [0.4, 0.5) is 0 Å². The van der Waals surface area contributed by atoms with E-state index in [0.29, 0.717) is 27.5 Å². The van der Waals surface area contributed by atoms with Crippen LogP contribution in [0.2, 0.25) is 0 Å². The minimum atomic E-state index is -1.70. The van der Waals surface area contributed by atoms with Crippen LogP contribution in [-0.4, -0.2) is 21.6 Å². The molecule has 30 heavy (non-hydrogen) atoms. The molecule has 1 aromatic rings. The van der Waals surface area contributed by atoms with Crippen molar-refractivity contribution in [2.75, 3.05) is 0 Å². The fourth-order valence-corrected chi connectivity index (χ4v) is 13.6. The molecule has 0 heterocycles. The topological polar surface area (TPSA) is 17.1 Å². The molecule has 2 aliphatic carbocycles. The second kappa shape index (κ2) is 12.6. The van der Waals surface area contributed by atoms with Crippen molar-refractivity contribution in [1.29, 1.82) is 0 Å². The third kappa shape index (κ3) is 8.07. The van der Waals surface area contributed by atoms with E-state index in [1.807, 2.05) is 18.2 Å². The summed E-state index contributed by atoms with van der Waals surface area (Å²) in [6, 6.07) is 10.2. The van der Waals surface area contributed by atoms with Gasteiger partial charge in [0.25, 0.3) is 0 Å². The molecule has 1 aromatic carbocycles. The van der Waals surface area contributed by atoms with Gasteiger partial charge in [0.2, 0.25) is 0 Å². The minimum Gasteiger partial charge on any atom is -0.322 e. The Kier molecular flexibility index (Phi) is 11.9. The van der Waals surface area contributed by atoms with Gasteiger partial charge < -0.3 is 4.57 Å². The van der Waals surface area contributed by atoms with Gasteiger partial charge in [-0.1, -0.05) is 125 Å². The molecule has 2 aliphatic rings. The van der Waals surface area contributed by atoms with Crippen molar-refractivity contribution in [2.24, 2.45) is 5.92 Å². The van der Waals surface area contributed by atoms with Crippen molar-refractivity contribution < 1.29 is 21.6 Å². The Morgan fingerprint density at radius 2 is 1.30 bits per heavy atom. The van der Waals surface area contributed by atoms with E-state index in [1.165, 1.54) is 44.9 Å². The monoisotopic (exact) mass is 492 g/mol. The molecule has 2 unspecified atom stereocenters. The van der Waals surface area contributed by atoms with Crippen LogP contribution in [0.1, 0.15) is 99.8 Å². The van der Waals surface area contributed by atoms with Gasteiger partial charge >= 0.3 is 0 Å². The maximum Gasteiger partial charge on any atom is 0.107 e. The summed E-state index contributed by atoms with van der Waals surface area (Å²) < 4.78 is 13.3. The van der Waals surface area contributed by atoms with Gasteiger partial charge in [-0.15, -0.1) is 0 Å². The number of hydrogen-bond acceptors (Lipinski definition) is 1. The van der Waals surface area contributed by atoms with E-state index >= 15 is 0 Å². The molecule has 4 atom stereocenters. The summed E-state index contributed by atoms with van der Waals surface area (Å²) in [5.74, 6) is 0.626. The van der Waals surface area contributed by atoms with Crippen molar-refractivity contribution in [2.45, 2.75) is 121 Å². The van der Waals surface area contributed by atoms with Gasteiger partial charge in [-0.05, 0) is 34.7 Å². The maximum atomic E-state index is 13.3. The van der Waals surface area contributed by atoms with Gasteiger partial charge in [0.1, 0.15) is 7.80 Å². The molecule has 2 fully saturated rings. The SMILES string of the molecule is C1CCCC1.C[C@H](C1CCCC1[P@H](=O)c1ccccc1)P(C(C)(C)C)C(C)(C)C.[Fe]. The molecule has 3 rings (SSSR count). The Labute approximate surface area is 200 Å². The summed E-state index contributed by atoms with van der Waals surface area (Å²) in [6.45, 7) is 16.9. The van der Waals surface area contributed by atoms with Gasteiger partial charge in [0, 0.05) is 28.0 Å². The summed E-state index contributed by atoms with van der Waals surface area (Å²) in [7, 11) is -1.86. The molecule has 0 N–H and O–H groups in total. The normalized spacial score (nSPS) is 24.0. The molecule has 1 nitrogen and oxygen atoms in total. The minimum absolute atomic E-state index is 0. The van der Waals surface area contributed by atoms with Crippen molar-refractivity contribution in [3.63, 3.8) is 0 Å². The number of hydrogen-bond donors (Lipinski definition) is 0. The molecule has 174 valence electrons. The molecular weight excluding hydrogens is 446 g/mol. The molecule has 4 heteroatoms. The van der Waals surface area contributed by atoms with Crippen LogP contribution in [0.3, 0.4) is 0 Å². The maximum absolute atomic E-state index is 13.3. The third-order valence-electron chi connectivity index (χ3n) is 6.69. The van der Waals surface area contributed by atoms with E-state index in [4.69, 9.17) is 0 Å². The average Bonchev–Trinajstić information content (AvgIpc) is 3.33. The summed E-state index contributed by atoms with van der Waals surface area (Å²) in [5.41, 5.74) is 1.08. The van der Waals surface area contributed by atoms with Crippen LogP contribution in [-0.2, 0) is 21.6 Å². The molecule has 0 aliphatic heterocycles. The Morgan fingerprint density at radius 3 is 1.73 bits per heavy atom. The average molecular weight is 492 g/mol. The largest absolute Gasteiger partial charge is 0.322 e. The first-order chi connectivity index (χ1) is 13.5. The first-order valence-electron chi connectivity index (χ1n) is 11.9. The van der Waals surface area contributed by atoms with Gasteiger partial charge in [0.15, 0.2) is 0 Å². The second-order valence-corrected chi connectivity index (χ2v) is 17.4. The Balaban J connectivity index is 0.000000655. The van der Waals surface area contributed by atoms with Gasteiger partial charge in [-0.3, -0.25) is 0 Å². The molecule has 0 bridgehead atoms. The van der Waals surface area contributed by atoms with Crippen molar-refractivity contribution in [3.8, 4) is 0 Å². The molecule has 0 amide bonds. The van der Waals surface area contributed by atoms with Gasteiger partial charge in [-0.25, -0.2) is 0 Å². The van der Waals surface area contributed by atoms with E-state index in [2.05, 4.69) is 60.6 Å². The van der Waals surface area contributed by atoms with Crippen LogP contribution in [0.15, 0.2) is 30.3 Å². The molecule has 0 saturated heterocycles. The standard InChI is InChI=1S/C21H36OP2.C5H10.Fe/c1-16(24(20(2,3)4)21(5,6)7)18-14-11-15-19(18)23(22)17-12-9-8-10-13-17;1-2-4-5-3-1;/h8-10,12-13,16,18-19,23H,11,14-15H2,1-7H3;1-5H2;/t16-,18?,19?;;/m1../s1. The molecule has 0 radical (unpaired) electrons. The number of benzene rings is 1. The summed E-state index contributed by atoms with van der Waals surface area (Å²) in [4.78, 5) is 0. The smallest absolute Gasteiger partial charge is 0.107 e. The fourth-order valence-electron chi connectivity index (χ4n) is 6.01. The van der Waals surface area contributed by atoms with Crippen molar-refractivity contribution in [1.82, 2.24) is 0 Å². The van der Waals surface area contributed by atoms with Gasteiger partial charge in [0.05, 0.1) is 0 Å². The van der Waals surface area contributed by atoms with E-state index in [0.717, 1.165) is 11.7 Å². The first-order valence-corrected chi connectivity index (χ1v) is 14.8. The van der Waals surface area contributed by atoms with Crippen molar-refractivity contribution in [3.05, 3.63) is 30.3 Å². The van der Waals surface area contributed by atoms with Crippen LogP contribution in [0.25, 0.3) is 0 Å². The molecule has 2 saturated carbocycles. The number of rotatable bonds is 4. The van der Waals surface area contributed by atoms with Crippen LogP contribution < -0.4 is 5.30 Å². The Morgan fingerprint density at radius 1 is 0.833 bits per heavy atom. The molecular formula is C26H46FeOP2. The zero-order valence-corrected chi connectivity index (χ0v) is 23.5. The predicted molar refractivity (Wildman–Crippen MR) is 135 cm³/mol. The molecule has 0 aromatic heterocycles. The second-order valence-electron chi connectivity index (χ2n) is 11.2. The van der Waals surface area contributed by atoms with Crippen LogP contribution in [0.5, 0.6) is 0 Å².